The lowest BCUT2D eigenvalue weighted by Crippen LogP contribution is -2.56. The summed E-state index contributed by atoms with van der Waals surface area (Å²) in [4.78, 5) is 5.17. The lowest BCUT2D eigenvalue weighted by atomic mass is 9.83. The molecule has 0 aromatic rings. The molecular formula is C13H27N3. The summed E-state index contributed by atoms with van der Waals surface area (Å²) in [5.74, 6) is 0.883. The van der Waals surface area contributed by atoms with E-state index in [0.717, 1.165) is 12.0 Å². The predicted octanol–water partition coefficient (Wildman–Crippen LogP) is 1.14. The topological polar surface area (TPSA) is 32.5 Å². The summed E-state index contributed by atoms with van der Waals surface area (Å²) in [5.41, 5.74) is 6.01. The molecule has 2 fully saturated rings. The number of likely N-dealkylation sites (tertiary alicyclic amines) is 2. The molecule has 16 heavy (non-hydrogen) atoms. The summed E-state index contributed by atoms with van der Waals surface area (Å²) in [5, 5.41) is 0. The number of nitrogens with zero attached hydrogens (tertiary/aromatic N) is 2. The van der Waals surface area contributed by atoms with E-state index < -0.39 is 0 Å². The highest BCUT2D eigenvalue weighted by Gasteiger charge is 2.35. The van der Waals surface area contributed by atoms with Gasteiger partial charge in [-0.25, -0.2) is 0 Å². The van der Waals surface area contributed by atoms with Gasteiger partial charge < -0.3 is 10.6 Å². The summed E-state index contributed by atoms with van der Waals surface area (Å²) in [6.07, 6.45) is 4.12. The quantitative estimate of drug-likeness (QED) is 0.765. The van der Waals surface area contributed by atoms with Crippen molar-refractivity contribution in [2.45, 2.75) is 51.2 Å². The second-order valence-corrected chi connectivity index (χ2v) is 5.83. The fourth-order valence-corrected chi connectivity index (χ4v) is 3.38. The number of rotatable bonds is 2. The molecule has 2 aliphatic heterocycles. The van der Waals surface area contributed by atoms with E-state index >= 15 is 0 Å². The number of piperidine rings is 2. The van der Waals surface area contributed by atoms with Gasteiger partial charge in [0, 0.05) is 24.7 Å². The molecule has 2 saturated heterocycles. The van der Waals surface area contributed by atoms with Crippen LogP contribution in [-0.2, 0) is 0 Å². The Bertz CT molecular complexity index is 229. The molecule has 3 heteroatoms. The Labute approximate surface area is 100.0 Å². The normalized spacial score (nSPS) is 36.8. The molecule has 0 radical (unpaired) electrons. The average Bonchev–Trinajstić information content (AvgIpc) is 2.28. The van der Waals surface area contributed by atoms with Gasteiger partial charge in [0.05, 0.1) is 0 Å². The van der Waals surface area contributed by atoms with Crippen molar-refractivity contribution >= 4 is 0 Å². The van der Waals surface area contributed by atoms with Crippen LogP contribution in [0.1, 0.15) is 33.1 Å². The SMILES string of the molecule is CC(N)C(C)N1CCC2C(CCCN2C)C1. The Kier molecular flexibility index (Phi) is 3.88. The molecule has 0 aromatic carbocycles. The van der Waals surface area contributed by atoms with Gasteiger partial charge in [-0.05, 0) is 59.2 Å². The molecule has 2 aliphatic rings. The maximum absolute atomic E-state index is 6.01. The standard InChI is InChI=1S/C13H27N3/c1-10(14)11(2)16-8-6-13-12(9-16)5-4-7-15(13)3/h10-13H,4-9,14H2,1-3H3. The van der Waals surface area contributed by atoms with Crippen LogP contribution in [0.25, 0.3) is 0 Å². The molecule has 0 spiro atoms. The van der Waals surface area contributed by atoms with E-state index in [2.05, 4.69) is 30.7 Å². The second-order valence-electron chi connectivity index (χ2n) is 5.83. The van der Waals surface area contributed by atoms with Crippen LogP contribution in [0, 0.1) is 5.92 Å². The predicted molar refractivity (Wildman–Crippen MR) is 68.4 cm³/mol. The minimum Gasteiger partial charge on any atom is -0.327 e. The maximum atomic E-state index is 6.01. The number of hydrogen-bond acceptors (Lipinski definition) is 3. The summed E-state index contributed by atoms with van der Waals surface area (Å²) in [7, 11) is 2.29. The zero-order valence-corrected chi connectivity index (χ0v) is 11.0. The van der Waals surface area contributed by atoms with Crippen LogP contribution < -0.4 is 5.73 Å². The second kappa shape index (κ2) is 5.03. The van der Waals surface area contributed by atoms with Crippen LogP contribution in [0.3, 0.4) is 0 Å². The van der Waals surface area contributed by atoms with Gasteiger partial charge >= 0.3 is 0 Å². The first-order valence-corrected chi connectivity index (χ1v) is 6.79. The first-order valence-electron chi connectivity index (χ1n) is 6.79. The van der Waals surface area contributed by atoms with Crippen molar-refractivity contribution < 1.29 is 0 Å². The lowest BCUT2D eigenvalue weighted by molar-refractivity contribution is 0.0197. The maximum Gasteiger partial charge on any atom is 0.0216 e. The molecule has 3 nitrogen and oxygen atoms in total. The molecule has 0 aromatic heterocycles. The van der Waals surface area contributed by atoms with Gasteiger partial charge in [-0.2, -0.15) is 0 Å². The van der Waals surface area contributed by atoms with E-state index in [1.54, 1.807) is 0 Å². The third-order valence-corrected chi connectivity index (χ3v) is 4.71. The van der Waals surface area contributed by atoms with Crippen molar-refractivity contribution in [1.82, 2.24) is 9.80 Å². The summed E-state index contributed by atoms with van der Waals surface area (Å²) >= 11 is 0. The fourth-order valence-electron chi connectivity index (χ4n) is 3.38. The van der Waals surface area contributed by atoms with Crippen LogP contribution in [0.15, 0.2) is 0 Å². The molecule has 4 unspecified atom stereocenters. The van der Waals surface area contributed by atoms with Crippen molar-refractivity contribution in [3.8, 4) is 0 Å². The average molecular weight is 225 g/mol. The fraction of sp³-hybridized carbons (Fsp3) is 1.00. The Morgan fingerprint density at radius 1 is 1.19 bits per heavy atom. The van der Waals surface area contributed by atoms with Crippen molar-refractivity contribution in [2.75, 3.05) is 26.7 Å². The van der Waals surface area contributed by atoms with E-state index in [9.17, 15) is 0 Å². The smallest absolute Gasteiger partial charge is 0.0216 e. The van der Waals surface area contributed by atoms with Crippen LogP contribution in [0.5, 0.6) is 0 Å². The Hall–Kier alpha value is -0.120. The van der Waals surface area contributed by atoms with Gasteiger partial charge in [0.25, 0.3) is 0 Å². The molecular weight excluding hydrogens is 198 g/mol. The van der Waals surface area contributed by atoms with Gasteiger partial charge in [0.2, 0.25) is 0 Å². The number of hydrogen-bond donors (Lipinski definition) is 1. The molecule has 94 valence electrons. The van der Waals surface area contributed by atoms with Crippen molar-refractivity contribution in [1.29, 1.82) is 0 Å². The molecule has 0 aliphatic carbocycles. The van der Waals surface area contributed by atoms with Gasteiger partial charge in [0.1, 0.15) is 0 Å². The van der Waals surface area contributed by atoms with Crippen molar-refractivity contribution in [3.63, 3.8) is 0 Å². The van der Waals surface area contributed by atoms with Gasteiger partial charge in [-0.3, -0.25) is 4.90 Å². The Balaban J connectivity index is 1.94. The van der Waals surface area contributed by atoms with Crippen LogP contribution >= 0.6 is 0 Å². The van der Waals surface area contributed by atoms with E-state index in [1.165, 1.54) is 38.9 Å². The molecule has 0 bridgehead atoms. The molecule has 2 rings (SSSR count). The highest BCUT2D eigenvalue weighted by atomic mass is 15.2. The zero-order chi connectivity index (χ0) is 11.7. The van der Waals surface area contributed by atoms with E-state index in [4.69, 9.17) is 5.73 Å². The highest BCUT2D eigenvalue weighted by molar-refractivity contribution is 4.91. The van der Waals surface area contributed by atoms with E-state index in [1.807, 2.05) is 0 Å². The van der Waals surface area contributed by atoms with Crippen molar-refractivity contribution in [2.24, 2.45) is 11.7 Å². The summed E-state index contributed by atoms with van der Waals surface area (Å²) in [6.45, 7) is 8.19. The first kappa shape index (κ1) is 12.3. The Morgan fingerprint density at radius 3 is 2.62 bits per heavy atom. The minimum absolute atomic E-state index is 0.290. The monoisotopic (exact) mass is 225 g/mol. The lowest BCUT2D eigenvalue weighted by Gasteiger charge is -2.48. The molecule has 2 N–H and O–H groups in total. The van der Waals surface area contributed by atoms with Gasteiger partial charge in [0.15, 0.2) is 0 Å². The third kappa shape index (κ3) is 2.41. The van der Waals surface area contributed by atoms with E-state index in [0.29, 0.717) is 6.04 Å². The van der Waals surface area contributed by atoms with Crippen LogP contribution in [0.4, 0.5) is 0 Å². The molecule has 0 amide bonds. The van der Waals surface area contributed by atoms with Crippen LogP contribution in [0.2, 0.25) is 0 Å². The zero-order valence-electron chi connectivity index (χ0n) is 11.0. The summed E-state index contributed by atoms with van der Waals surface area (Å²) < 4.78 is 0. The number of fused-ring (bicyclic) bond motifs is 1. The van der Waals surface area contributed by atoms with Crippen molar-refractivity contribution in [3.05, 3.63) is 0 Å². The molecule has 0 saturated carbocycles. The first-order chi connectivity index (χ1) is 7.59. The Morgan fingerprint density at radius 2 is 1.94 bits per heavy atom. The number of nitrogens with two attached hydrogens (primary N) is 1. The van der Waals surface area contributed by atoms with E-state index in [-0.39, 0.29) is 6.04 Å². The summed E-state index contributed by atoms with van der Waals surface area (Å²) in [6, 6.07) is 1.66. The molecule has 2 heterocycles. The van der Waals surface area contributed by atoms with Gasteiger partial charge in [-0.15, -0.1) is 0 Å². The molecule has 4 atom stereocenters. The third-order valence-electron chi connectivity index (χ3n) is 4.71. The minimum atomic E-state index is 0.290. The highest BCUT2D eigenvalue weighted by Crippen LogP contribution is 2.30. The largest absolute Gasteiger partial charge is 0.327 e. The van der Waals surface area contributed by atoms with Crippen LogP contribution in [-0.4, -0.2) is 54.6 Å². The van der Waals surface area contributed by atoms with Gasteiger partial charge in [-0.1, -0.05) is 0 Å².